The second-order valence-corrected chi connectivity index (χ2v) is 4.01. The van der Waals surface area contributed by atoms with E-state index in [1.165, 1.54) is 11.1 Å². The zero-order valence-electron chi connectivity index (χ0n) is 9.58. The summed E-state index contributed by atoms with van der Waals surface area (Å²) in [5.74, 6) is -1.16. The fourth-order valence-corrected chi connectivity index (χ4v) is 1.78. The molecule has 0 aliphatic carbocycles. The maximum absolute atomic E-state index is 10.9. The Morgan fingerprint density at radius 1 is 1.47 bits per heavy atom. The molecule has 0 bridgehead atoms. The van der Waals surface area contributed by atoms with E-state index in [-0.39, 0.29) is 0 Å². The Bertz CT molecular complexity index is 356. The highest BCUT2D eigenvalue weighted by Gasteiger charge is 2.16. The smallest absolute Gasteiger partial charge is 0.310 e. The van der Waals surface area contributed by atoms with Crippen LogP contribution in [0.4, 0.5) is 0 Å². The van der Waals surface area contributed by atoms with Gasteiger partial charge in [0.25, 0.3) is 0 Å². The van der Waals surface area contributed by atoms with Crippen LogP contribution in [-0.2, 0) is 11.2 Å². The van der Waals surface area contributed by atoms with E-state index in [2.05, 4.69) is 13.0 Å². The second-order valence-electron chi connectivity index (χ2n) is 4.01. The molecule has 1 N–H and O–H groups in total. The summed E-state index contributed by atoms with van der Waals surface area (Å²) in [5.41, 5.74) is 3.32. The molecular formula is C13H18O2. The SMILES string of the molecule is CCCc1cc(C)ccc1C(C)C(=O)O. The zero-order chi connectivity index (χ0) is 11.4. The monoisotopic (exact) mass is 206 g/mol. The van der Waals surface area contributed by atoms with Gasteiger partial charge in [0, 0.05) is 0 Å². The number of carboxylic acids is 1. The summed E-state index contributed by atoms with van der Waals surface area (Å²) in [7, 11) is 0. The van der Waals surface area contributed by atoms with Gasteiger partial charge >= 0.3 is 5.97 Å². The van der Waals surface area contributed by atoms with Crippen LogP contribution in [0.5, 0.6) is 0 Å². The van der Waals surface area contributed by atoms with E-state index >= 15 is 0 Å². The summed E-state index contributed by atoms with van der Waals surface area (Å²) < 4.78 is 0. The van der Waals surface area contributed by atoms with Gasteiger partial charge in [-0.15, -0.1) is 0 Å². The van der Waals surface area contributed by atoms with E-state index in [1.54, 1.807) is 6.92 Å². The summed E-state index contributed by atoms with van der Waals surface area (Å²) in [6.45, 7) is 5.89. The lowest BCUT2D eigenvalue weighted by atomic mass is 9.92. The van der Waals surface area contributed by atoms with Crippen LogP contribution in [0.25, 0.3) is 0 Å². The van der Waals surface area contributed by atoms with Crippen LogP contribution >= 0.6 is 0 Å². The van der Waals surface area contributed by atoms with Crippen LogP contribution in [0.3, 0.4) is 0 Å². The van der Waals surface area contributed by atoms with Crippen molar-refractivity contribution in [3.63, 3.8) is 0 Å². The second kappa shape index (κ2) is 4.96. The first-order valence-electron chi connectivity index (χ1n) is 5.38. The molecule has 1 atom stereocenters. The first-order chi connectivity index (χ1) is 7.06. The summed E-state index contributed by atoms with van der Waals surface area (Å²) >= 11 is 0. The predicted molar refractivity (Wildman–Crippen MR) is 61.2 cm³/mol. The number of aliphatic carboxylic acids is 1. The van der Waals surface area contributed by atoms with Crippen molar-refractivity contribution < 1.29 is 9.90 Å². The lowest BCUT2D eigenvalue weighted by molar-refractivity contribution is -0.138. The maximum atomic E-state index is 10.9. The van der Waals surface area contributed by atoms with Crippen molar-refractivity contribution in [2.24, 2.45) is 0 Å². The van der Waals surface area contributed by atoms with Gasteiger partial charge < -0.3 is 5.11 Å². The Morgan fingerprint density at radius 3 is 2.67 bits per heavy atom. The van der Waals surface area contributed by atoms with Gasteiger partial charge in [0.05, 0.1) is 5.92 Å². The molecule has 0 aliphatic heterocycles. The maximum Gasteiger partial charge on any atom is 0.310 e. The average Bonchev–Trinajstić information content (AvgIpc) is 2.17. The average molecular weight is 206 g/mol. The van der Waals surface area contributed by atoms with E-state index in [0.29, 0.717) is 0 Å². The highest BCUT2D eigenvalue weighted by Crippen LogP contribution is 2.22. The van der Waals surface area contributed by atoms with E-state index in [0.717, 1.165) is 18.4 Å². The molecule has 2 nitrogen and oxygen atoms in total. The van der Waals surface area contributed by atoms with Gasteiger partial charge in [0.1, 0.15) is 0 Å². The topological polar surface area (TPSA) is 37.3 Å². The van der Waals surface area contributed by atoms with Crippen molar-refractivity contribution in [1.82, 2.24) is 0 Å². The lowest BCUT2D eigenvalue weighted by Gasteiger charge is -2.13. The molecule has 0 aliphatic rings. The van der Waals surface area contributed by atoms with Crippen molar-refractivity contribution in [1.29, 1.82) is 0 Å². The number of rotatable bonds is 4. The number of aryl methyl sites for hydroxylation is 2. The molecule has 15 heavy (non-hydrogen) atoms. The molecule has 1 unspecified atom stereocenters. The normalized spacial score (nSPS) is 12.5. The van der Waals surface area contributed by atoms with E-state index in [4.69, 9.17) is 5.11 Å². The van der Waals surface area contributed by atoms with E-state index in [1.807, 2.05) is 19.1 Å². The van der Waals surface area contributed by atoms with Crippen molar-refractivity contribution in [2.75, 3.05) is 0 Å². The Balaban J connectivity index is 3.10. The Hall–Kier alpha value is -1.31. The van der Waals surface area contributed by atoms with Crippen molar-refractivity contribution >= 4 is 5.97 Å². The number of benzene rings is 1. The zero-order valence-corrected chi connectivity index (χ0v) is 9.58. The molecule has 0 heterocycles. The van der Waals surface area contributed by atoms with Gasteiger partial charge in [-0.3, -0.25) is 4.79 Å². The van der Waals surface area contributed by atoms with Crippen molar-refractivity contribution in [3.05, 3.63) is 34.9 Å². The van der Waals surface area contributed by atoms with E-state index in [9.17, 15) is 4.79 Å². The van der Waals surface area contributed by atoms with Gasteiger partial charge in [-0.1, -0.05) is 37.1 Å². The Morgan fingerprint density at radius 2 is 2.13 bits per heavy atom. The highest BCUT2D eigenvalue weighted by molar-refractivity contribution is 5.76. The Labute approximate surface area is 90.9 Å². The molecule has 2 heteroatoms. The standard InChI is InChI=1S/C13H18O2/c1-4-5-11-8-9(2)6-7-12(11)10(3)13(14)15/h6-8,10H,4-5H2,1-3H3,(H,14,15). The largest absolute Gasteiger partial charge is 0.481 e. The molecule has 0 amide bonds. The summed E-state index contributed by atoms with van der Waals surface area (Å²) in [4.78, 5) is 10.9. The highest BCUT2D eigenvalue weighted by atomic mass is 16.4. The van der Waals surface area contributed by atoms with Gasteiger partial charge in [-0.05, 0) is 31.4 Å². The van der Waals surface area contributed by atoms with Crippen molar-refractivity contribution in [3.8, 4) is 0 Å². The molecule has 1 aromatic rings. The fraction of sp³-hybridized carbons (Fsp3) is 0.462. The molecule has 0 fully saturated rings. The third kappa shape index (κ3) is 2.82. The van der Waals surface area contributed by atoms with Crippen LogP contribution in [0.15, 0.2) is 18.2 Å². The molecule has 1 rings (SSSR count). The molecule has 0 radical (unpaired) electrons. The van der Waals surface area contributed by atoms with Gasteiger partial charge in [-0.25, -0.2) is 0 Å². The number of hydrogen-bond acceptors (Lipinski definition) is 1. The van der Waals surface area contributed by atoms with Gasteiger partial charge in [-0.2, -0.15) is 0 Å². The van der Waals surface area contributed by atoms with Crippen LogP contribution < -0.4 is 0 Å². The molecule has 0 saturated carbocycles. The first kappa shape index (κ1) is 11.8. The molecule has 82 valence electrons. The van der Waals surface area contributed by atoms with Crippen LogP contribution in [-0.4, -0.2) is 11.1 Å². The van der Waals surface area contributed by atoms with Crippen LogP contribution in [0.1, 0.15) is 42.9 Å². The van der Waals surface area contributed by atoms with Crippen LogP contribution in [0.2, 0.25) is 0 Å². The van der Waals surface area contributed by atoms with Gasteiger partial charge in [0.2, 0.25) is 0 Å². The third-order valence-corrected chi connectivity index (χ3v) is 2.65. The summed E-state index contributed by atoms with van der Waals surface area (Å²) in [6.07, 6.45) is 2.00. The molecular weight excluding hydrogens is 188 g/mol. The lowest BCUT2D eigenvalue weighted by Crippen LogP contribution is -2.10. The van der Waals surface area contributed by atoms with E-state index < -0.39 is 11.9 Å². The quantitative estimate of drug-likeness (QED) is 0.821. The minimum Gasteiger partial charge on any atom is -0.481 e. The fourth-order valence-electron chi connectivity index (χ4n) is 1.78. The number of carboxylic acid groups (broad SMARTS) is 1. The first-order valence-corrected chi connectivity index (χ1v) is 5.38. The Kier molecular flexibility index (Phi) is 3.89. The summed E-state index contributed by atoms with van der Waals surface area (Å²) in [5, 5.41) is 9.00. The molecule has 1 aromatic carbocycles. The van der Waals surface area contributed by atoms with Crippen molar-refractivity contribution in [2.45, 2.75) is 39.5 Å². The van der Waals surface area contributed by atoms with Gasteiger partial charge in [0.15, 0.2) is 0 Å². The minimum absolute atomic E-state index is 0.410. The predicted octanol–water partition coefficient (Wildman–Crippen LogP) is 3.14. The molecule has 0 aromatic heterocycles. The summed E-state index contributed by atoms with van der Waals surface area (Å²) in [6, 6.07) is 6.02. The number of hydrogen-bond donors (Lipinski definition) is 1. The minimum atomic E-state index is -0.754. The third-order valence-electron chi connectivity index (χ3n) is 2.65. The van der Waals surface area contributed by atoms with Crippen LogP contribution in [0, 0.1) is 6.92 Å². The molecule has 0 saturated heterocycles. The molecule has 0 spiro atoms. The number of carbonyl (C=O) groups is 1.